The molecule has 2 atom stereocenters. The van der Waals surface area contributed by atoms with Gasteiger partial charge in [0.1, 0.15) is 0 Å². The molecule has 1 aromatic rings. The van der Waals surface area contributed by atoms with Gasteiger partial charge in [0.25, 0.3) is 0 Å². The minimum Gasteiger partial charge on any atom is -0.327 e. The minimum absolute atomic E-state index is 0.227. The maximum Gasteiger partial charge on any atom is 0.0640 e. The quantitative estimate of drug-likeness (QED) is 0.846. The normalized spacial score (nSPS) is 15.0. The second-order valence-corrected chi connectivity index (χ2v) is 6.28. The summed E-state index contributed by atoms with van der Waals surface area (Å²) in [7, 11) is 2.09. The summed E-state index contributed by atoms with van der Waals surface area (Å²) in [5, 5.41) is 1.26. The van der Waals surface area contributed by atoms with Gasteiger partial charge in [-0.1, -0.05) is 49.2 Å². The highest BCUT2D eigenvalue weighted by Crippen LogP contribution is 2.32. The fourth-order valence-electron chi connectivity index (χ4n) is 1.96. The topological polar surface area (TPSA) is 29.3 Å². The highest BCUT2D eigenvalue weighted by atomic mass is 35.5. The van der Waals surface area contributed by atoms with Crippen LogP contribution in [0.3, 0.4) is 0 Å². The molecule has 1 aromatic carbocycles. The summed E-state index contributed by atoms with van der Waals surface area (Å²) in [5.41, 5.74) is 7.15. The molecule has 0 aliphatic rings. The van der Waals surface area contributed by atoms with E-state index in [1.54, 1.807) is 0 Å². The molecule has 0 fully saturated rings. The molecule has 0 heterocycles. The summed E-state index contributed by atoms with van der Waals surface area (Å²) in [6.07, 6.45) is 0.983. The first kappa shape index (κ1) is 16.8. The molecule has 108 valence electrons. The standard InChI is InChI=1S/C15H24Cl2N2/c1-10(2)14(18)8-9-19(4)11(3)12-6-5-7-13(16)15(12)17/h5-7,10-11,14H,8-9,18H2,1-4H3. The Morgan fingerprint density at radius 1 is 1.21 bits per heavy atom. The number of rotatable bonds is 6. The van der Waals surface area contributed by atoms with E-state index in [1.807, 2.05) is 18.2 Å². The van der Waals surface area contributed by atoms with Crippen molar-refractivity contribution in [3.05, 3.63) is 33.8 Å². The zero-order valence-corrected chi connectivity index (χ0v) is 13.7. The minimum atomic E-state index is 0.227. The lowest BCUT2D eigenvalue weighted by molar-refractivity contribution is 0.243. The van der Waals surface area contributed by atoms with E-state index in [-0.39, 0.29) is 12.1 Å². The van der Waals surface area contributed by atoms with Crippen LogP contribution in [-0.2, 0) is 0 Å². The Balaban J connectivity index is 2.66. The number of hydrogen-bond acceptors (Lipinski definition) is 2. The molecular formula is C15H24Cl2N2. The molecule has 0 saturated carbocycles. The van der Waals surface area contributed by atoms with Gasteiger partial charge in [-0.3, -0.25) is 4.90 Å². The van der Waals surface area contributed by atoms with Crippen molar-refractivity contribution in [1.82, 2.24) is 4.90 Å². The van der Waals surface area contributed by atoms with E-state index < -0.39 is 0 Å². The van der Waals surface area contributed by atoms with E-state index in [4.69, 9.17) is 28.9 Å². The fraction of sp³-hybridized carbons (Fsp3) is 0.600. The molecule has 0 bridgehead atoms. The zero-order valence-electron chi connectivity index (χ0n) is 12.2. The van der Waals surface area contributed by atoms with Crippen molar-refractivity contribution in [2.45, 2.75) is 39.3 Å². The monoisotopic (exact) mass is 302 g/mol. The van der Waals surface area contributed by atoms with Crippen LogP contribution in [0.1, 0.15) is 38.8 Å². The Morgan fingerprint density at radius 3 is 2.42 bits per heavy atom. The Kier molecular flexibility index (Phi) is 6.61. The lowest BCUT2D eigenvalue weighted by Crippen LogP contribution is -2.33. The molecule has 4 heteroatoms. The van der Waals surface area contributed by atoms with Crippen LogP contribution >= 0.6 is 23.2 Å². The SMILES string of the molecule is CC(C)C(N)CCN(C)C(C)c1cccc(Cl)c1Cl. The second kappa shape index (κ2) is 7.49. The third kappa shape index (κ3) is 4.64. The van der Waals surface area contributed by atoms with Crippen molar-refractivity contribution in [3.8, 4) is 0 Å². The first-order valence-corrected chi connectivity index (χ1v) is 7.50. The van der Waals surface area contributed by atoms with Gasteiger partial charge >= 0.3 is 0 Å². The van der Waals surface area contributed by atoms with Crippen molar-refractivity contribution in [2.75, 3.05) is 13.6 Å². The van der Waals surface area contributed by atoms with Crippen molar-refractivity contribution in [3.63, 3.8) is 0 Å². The van der Waals surface area contributed by atoms with Gasteiger partial charge in [0, 0.05) is 12.1 Å². The molecule has 2 unspecified atom stereocenters. The maximum absolute atomic E-state index is 6.26. The Labute approximate surface area is 126 Å². The van der Waals surface area contributed by atoms with Gasteiger partial charge in [0.05, 0.1) is 10.0 Å². The van der Waals surface area contributed by atoms with Gasteiger partial charge in [-0.2, -0.15) is 0 Å². The van der Waals surface area contributed by atoms with Crippen molar-refractivity contribution in [1.29, 1.82) is 0 Å². The number of nitrogens with two attached hydrogens (primary N) is 1. The van der Waals surface area contributed by atoms with Gasteiger partial charge in [0.2, 0.25) is 0 Å². The molecule has 0 aromatic heterocycles. The first-order chi connectivity index (χ1) is 8.84. The largest absolute Gasteiger partial charge is 0.327 e. The van der Waals surface area contributed by atoms with Crippen LogP contribution in [0.25, 0.3) is 0 Å². The van der Waals surface area contributed by atoms with Crippen molar-refractivity contribution >= 4 is 23.2 Å². The number of halogens is 2. The van der Waals surface area contributed by atoms with Gasteiger partial charge in [-0.25, -0.2) is 0 Å². The summed E-state index contributed by atoms with van der Waals surface area (Å²) >= 11 is 12.3. The summed E-state index contributed by atoms with van der Waals surface area (Å²) in [6, 6.07) is 6.25. The Hall–Kier alpha value is -0.280. The lowest BCUT2D eigenvalue weighted by atomic mass is 10.0. The summed E-state index contributed by atoms with van der Waals surface area (Å²) < 4.78 is 0. The van der Waals surface area contributed by atoms with Crippen LogP contribution in [0.2, 0.25) is 10.0 Å². The van der Waals surface area contributed by atoms with E-state index >= 15 is 0 Å². The highest BCUT2D eigenvalue weighted by molar-refractivity contribution is 6.42. The van der Waals surface area contributed by atoms with Crippen molar-refractivity contribution < 1.29 is 0 Å². The molecule has 2 N–H and O–H groups in total. The fourth-order valence-corrected chi connectivity index (χ4v) is 2.43. The molecule has 0 aliphatic carbocycles. The van der Waals surface area contributed by atoms with E-state index in [9.17, 15) is 0 Å². The van der Waals surface area contributed by atoms with Crippen LogP contribution in [0.15, 0.2) is 18.2 Å². The summed E-state index contributed by atoms with van der Waals surface area (Å²) in [6.45, 7) is 7.39. The predicted octanol–water partition coefficient (Wildman–Crippen LogP) is 4.36. The van der Waals surface area contributed by atoms with Gasteiger partial charge in [0.15, 0.2) is 0 Å². The van der Waals surface area contributed by atoms with E-state index in [0.717, 1.165) is 18.5 Å². The molecule has 1 rings (SSSR count). The molecule has 0 radical (unpaired) electrons. The zero-order chi connectivity index (χ0) is 14.6. The van der Waals surface area contributed by atoms with Gasteiger partial charge in [-0.05, 0) is 44.5 Å². The third-order valence-corrected chi connectivity index (χ3v) is 4.60. The van der Waals surface area contributed by atoms with E-state index in [2.05, 4.69) is 32.7 Å². The number of benzene rings is 1. The van der Waals surface area contributed by atoms with Crippen LogP contribution in [0.5, 0.6) is 0 Å². The van der Waals surface area contributed by atoms with Crippen LogP contribution in [0, 0.1) is 5.92 Å². The molecule has 0 amide bonds. The van der Waals surface area contributed by atoms with Gasteiger partial charge < -0.3 is 5.73 Å². The van der Waals surface area contributed by atoms with E-state index in [0.29, 0.717) is 16.0 Å². The van der Waals surface area contributed by atoms with Crippen molar-refractivity contribution in [2.24, 2.45) is 11.7 Å². The third-order valence-electron chi connectivity index (χ3n) is 3.76. The smallest absolute Gasteiger partial charge is 0.0640 e. The van der Waals surface area contributed by atoms with Crippen LogP contribution in [0.4, 0.5) is 0 Å². The predicted molar refractivity (Wildman–Crippen MR) is 84.9 cm³/mol. The lowest BCUT2D eigenvalue weighted by Gasteiger charge is -2.28. The average Bonchev–Trinajstić information content (AvgIpc) is 2.37. The second-order valence-electron chi connectivity index (χ2n) is 5.50. The number of hydrogen-bond donors (Lipinski definition) is 1. The average molecular weight is 303 g/mol. The molecular weight excluding hydrogens is 279 g/mol. The first-order valence-electron chi connectivity index (χ1n) is 6.74. The molecule has 2 nitrogen and oxygen atoms in total. The summed E-state index contributed by atoms with van der Waals surface area (Å²) in [5.74, 6) is 0.512. The van der Waals surface area contributed by atoms with Gasteiger partial charge in [-0.15, -0.1) is 0 Å². The molecule has 0 aliphatic heterocycles. The Bertz CT molecular complexity index is 407. The Morgan fingerprint density at radius 2 is 1.84 bits per heavy atom. The van der Waals surface area contributed by atoms with E-state index in [1.165, 1.54) is 0 Å². The molecule has 0 spiro atoms. The van der Waals surface area contributed by atoms with Crippen LogP contribution < -0.4 is 5.73 Å². The number of nitrogens with zero attached hydrogens (tertiary/aromatic N) is 1. The maximum atomic E-state index is 6.26. The molecule has 19 heavy (non-hydrogen) atoms. The summed E-state index contributed by atoms with van der Waals surface area (Å²) in [4.78, 5) is 2.26. The highest BCUT2D eigenvalue weighted by Gasteiger charge is 2.17. The molecule has 0 saturated heterocycles. The van der Waals surface area contributed by atoms with Crippen LogP contribution in [-0.4, -0.2) is 24.5 Å².